The molecule has 1 aromatic rings. The van der Waals surface area contributed by atoms with Gasteiger partial charge in [-0.2, -0.15) is 0 Å². The molecule has 3 nitrogen and oxygen atoms in total. The van der Waals surface area contributed by atoms with E-state index in [1.165, 1.54) is 25.3 Å². The second-order valence-corrected chi connectivity index (χ2v) is 5.20. The van der Waals surface area contributed by atoms with Gasteiger partial charge in [0.05, 0.1) is 12.7 Å². The average Bonchev–Trinajstić information content (AvgIpc) is 2.37. The van der Waals surface area contributed by atoms with Gasteiger partial charge in [0.15, 0.2) is 5.78 Å². The van der Waals surface area contributed by atoms with Crippen LogP contribution in [0.2, 0.25) is 0 Å². The highest BCUT2D eigenvalue weighted by molar-refractivity contribution is 5.98. The topological polar surface area (TPSA) is 52.3 Å². The first-order valence-corrected chi connectivity index (χ1v) is 6.54. The molecule has 106 valence electrons. The predicted molar refractivity (Wildman–Crippen MR) is 73.9 cm³/mol. The van der Waals surface area contributed by atoms with E-state index in [2.05, 4.69) is 13.8 Å². The monoisotopic (exact) mass is 267 g/mol. The Hall–Kier alpha value is -1.42. The Morgan fingerprint density at radius 1 is 1.42 bits per heavy atom. The summed E-state index contributed by atoms with van der Waals surface area (Å²) >= 11 is 0. The zero-order chi connectivity index (χ0) is 14.4. The third-order valence-electron chi connectivity index (χ3n) is 3.07. The lowest BCUT2D eigenvalue weighted by atomic mass is 9.90. The molecule has 4 heteroatoms. The lowest BCUT2D eigenvalue weighted by molar-refractivity contribution is 0.0954. The number of ketones is 1. The molecular weight excluding hydrogens is 245 g/mol. The van der Waals surface area contributed by atoms with Crippen molar-refractivity contribution in [3.05, 3.63) is 29.6 Å². The summed E-state index contributed by atoms with van der Waals surface area (Å²) < 4.78 is 18.3. The van der Waals surface area contributed by atoms with Crippen LogP contribution in [-0.4, -0.2) is 19.4 Å². The number of carbonyl (C=O) groups is 1. The van der Waals surface area contributed by atoms with Crippen LogP contribution >= 0.6 is 0 Å². The van der Waals surface area contributed by atoms with E-state index in [1.54, 1.807) is 0 Å². The van der Waals surface area contributed by atoms with Crippen LogP contribution in [0.25, 0.3) is 0 Å². The lowest BCUT2D eigenvalue weighted by Crippen LogP contribution is -2.20. The lowest BCUT2D eigenvalue weighted by Gasteiger charge is -2.17. The Bertz CT molecular complexity index is 432. The fraction of sp³-hybridized carbons (Fsp3) is 0.533. The van der Waals surface area contributed by atoms with Crippen LogP contribution in [0.5, 0.6) is 5.75 Å². The van der Waals surface area contributed by atoms with Gasteiger partial charge in [0.1, 0.15) is 11.6 Å². The maximum absolute atomic E-state index is 13.2. The Morgan fingerprint density at radius 3 is 2.63 bits per heavy atom. The highest BCUT2D eigenvalue weighted by Gasteiger charge is 2.19. The number of Topliss-reactive ketones (excluding diaryl/α,β-unsaturated/α-hetero) is 1. The number of ether oxygens (including phenoxy) is 1. The molecule has 0 amide bonds. The Morgan fingerprint density at radius 2 is 2.11 bits per heavy atom. The molecule has 0 radical (unpaired) electrons. The Kier molecular flexibility index (Phi) is 5.96. The summed E-state index contributed by atoms with van der Waals surface area (Å²) in [5.41, 5.74) is 5.99. The summed E-state index contributed by atoms with van der Waals surface area (Å²) in [5.74, 6) is 0.465. The van der Waals surface area contributed by atoms with Crippen LogP contribution in [0.3, 0.4) is 0 Å². The van der Waals surface area contributed by atoms with E-state index < -0.39 is 5.82 Å². The third-order valence-corrected chi connectivity index (χ3v) is 3.07. The fourth-order valence-electron chi connectivity index (χ4n) is 2.20. The van der Waals surface area contributed by atoms with Gasteiger partial charge >= 0.3 is 0 Å². The first kappa shape index (κ1) is 15.6. The van der Waals surface area contributed by atoms with Crippen LogP contribution in [0.15, 0.2) is 18.2 Å². The van der Waals surface area contributed by atoms with Crippen molar-refractivity contribution in [2.24, 2.45) is 17.6 Å². The van der Waals surface area contributed by atoms with Crippen molar-refractivity contribution in [1.29, 1.82) is 0 Å². The number of benzene rings is 1. The number of rotatable bonds is 7. The van der Waals surface area contributed by atoms with Crippen molar-refractivity contribution < 1.29 is 13.9 Å². The van der Waals surface area contributed by atoms with Gasteiger partial charge in [0.2, 0.25) is 0 Å². The highest BCUT2D eigenvalue weighted by Crippen LogP contribution is 2.24. The van der Waals surface area contributed by atoms with E-state index in [-0.39, 0.29) is 11.7 Å². The van der Waals surface area contributed by atoms with E-state index in [0.717, 1.165) is 6.42 Å². The molecule has 0 spiro atoms. The van der Waals surface area contributed by atoms with E-state index in [0.29, 0.717) is 30.2 Å². The van der Waals surface area contributed by atoms with Gasteiger partial charge in [-0.1, -0.05) is 13.8 Å². The van der Waals surface area contributed by atoms with Gasteiger partial charge in [0.25, 0.3) is 0 Å². The van der Waals surface area contributed by atoms with Crippen LogP contribution in [-0.2, 0) is 0 Å². The van der Waals surface area contributed by atoms with Gasteiger partial charge in [-0.3, -0.25) is 4.79 Å². The van der Waals surface area contributed by atoms with Gasteiger partial charge in [0, 0.05) is 6.42 Å². The molecule has 0 aromatic heterocycles. The maximum Gasteiger partial charge on any atom is 0.167 e. The normalized spacial score (nSPS) is 12.5. The summed E-state index contributed by atoms with van der Waals surface area (Å²) in [6.07, 6.45) is 1.22. The molecule has 1 atom stereocenters. The van der Waals surface area contributed by atoms with Crippen molar-refractivity contribution in [2.75, 3.05) is 13.7 Å². The second kappa shape index (κ2) is 7.24. The van der Waals surface area contributed by atoms with E-state index in [4.69, 9.17) is 10.5 Å². The third kappa shape index (κ3) is 4.63. The van der Waals surface area contributed by atoms with Crippen LogP contribution in [0.1, 0.15) is 37.0 Å². The minimum absolute atomic E-state index is 0.118. The highest BCUT2D eigenvalue weighted by atomic mass is 19.1. The van der Waals surface area contributed by atoms with Crippen molar-refractivity contribution >= 4 is 5.78 Å². The Balaban J connectivity index is 2.84. The number of hydrogen-bond donors (Lipinski definition) is 1. The molecule has 0 aliphatic rings. The Labute approximate surface area is 113 Å². The fourth-order valence-corrected chi connectivity index (χ4v) is 2.20. The smallest absolute Gasteiger partial charge is 0.167 e. The summed E-state index contributed by atoms with van der Waals surface area (Å²) in [5, 5.41) is 0. The van der Waals surface area contributed by atoms with Crippen molar-refractivity contribution in [1.82, 2.24) is 0 Å². The van der Waals surface area contributed by atoms with Crippen molar-refractivity contribution in [3.63, 3.8) is 0 Å². The van der Waals surface area contributed by atoms with Gasteiger partial charge < -0.3 is 10.5 Å². The quantitative estimate of drug-likeness (QED) is 0.773. The van der Waals surface area contributed by atoms with Gasteiger partial charge in [-0.15, -0.1) is 0 Å². The van der Waals surface area contributed by atoms with Crippen LogP contribution in [0, 0.1) is 17.7 Å². The number of carbonyl (C=O) groups excluding carboxylic acids is 1. The zero-order valence-corrected chi connectivity index (χ0v) is 11.8. The first-order chi connectivity index (χ1) is 8.97. The molecular formula is C15H22FNO2. The molecule has 0 aliphatic heterocycles. The predicted octanol–water partition coefficient (Wildman–Crippen LogP) is 3.03. The molecule has 1 aromatic carbocycles. The van der Waals surface area contributed by atoms with E-state index >= 15 is 0 Å². The molecule has 0 fully saturated rings. The molecule has 0 saturated carbocycles. The molecule has 2 N–H and O–H groups in total. The molecule has 0 saturated heterocycles. The van der Waals surface area contributed by atoms with Gasteiger partial charge in [-0.25, -0.2) is 4.39 Å². The molecule has 1 rings (SSSR count). The van der Waals surface area contributed by atoms with Crippen LogP contribution < -0.4 is 10.5 Å². The summed E-state index contributed by atoms with van der Waals surface area (Å²) in [6.45, 7) is 4.65. The first-order valence-electron chi connectivity index (χ1n) is 6.54. The average molecular weight is 267 g/mol. The minimum Gasteiger partial charge on any atom is -0.496 e. The summed E-state index contributed by atoms with van der Waals surface area (Å²) in [7, 11) is 1.47. The number of hydrogen-bond acceptors (Lipinski definition) is 3. The van der Waals surface area contributed by atoms with Crippen LogP contribution in [0.4, 0.5) is 4.39 Å². The summed E-state index contributed by atoms with van der Waals surface area (Å²) in [4.78, 5) is 12.2. The summed E-state index contributed by atoms with van der Waals surface area (Å²) in [6, 6.07) is 3.98. The van der Waals surface area contributed by atoms with E-state index in [1.807, 2.05) is 0 Å². The number of halogens is 1. The van der Waals surface area contributed by atoms with E-state index in [9.17, 15) is 9.18 Å². The maximum atomic E-state index is 13.2. The standard InChI is InChI=1S/C15H22FNO2/c1-10(2)6-11(9-17)7-14(18)13-8-12(16)4-5-15(13)19-3/h4-5,8,10-11H,6-7,9,17H2,1-3H3. The SMILES string of the molecule is COc1ccc(F)cc1C(=O)CC(CN)CC(C)C. The minimum atomic E-state index is -0.433. The molecule has 0 bridgehead atoms. The van der Waals surface area contributed by atoms with Crippen molar-refractivity contribution in [2.45, 2.75) is 26.7 Å². The second-order valence-electron chi connectivity index (χ2n) is 5.20. The molecule has 19 heavy (non-hydrogen) atoms. The van der Waals surface area contributed by atoms with Gasteiger partial charge in [-0.05, 0) is 43.0 Å². The molecule has 0 heterocycles. The molecule has 0 aliphatic carbocycles. The molecule has 1 unspecified atom stereocenters. The zero-order valence-electron chi connectivity index (χ0n) is 11.8. The number of methoxy groups -OCH3 is 1. The largest absolute Gasteiger partial charge is 0.496 e. The number of nitrogens with two attached hydrogens (primary N) is 1. The van der Waals surface area contributed by atoms with Crippen molar-refractivity contribution in [3.8, 4) is 5.75 Å².